The van der Waals surface area contributed by atoms with Crippen molar-refractivity contribution in [3.05, 3.63) is 94.0 Å². The van der Waals surface area contributed by atoms with Crippen molar-refractivity contribution >= 4 is 46.7 Å². The lowest BCUT2D eigenvalue weighted by Gasteiger charge is -2.33. The number of rotatable bonds is 3. The Kier molecular flexibility index (Phi) is 5.59. The van der Waals surface area contributed by atoms with Crippen LogP contribution in [0, 0.1) is 13.8 Å². The van der Waals surface area contributed by atoms with E-state index in [4.69, 9.17) is 11.6 Å². The number of benzene rings is 3. The number of carbonyl (C=O) groups excluding carboxylic acids is 2. The van der Waals surface area contributed by atoms with Gasteiger partial charge in [-0.15, -0.1) is 11.8 Å². The summed E-state index contributed by atoms with van der Waals surface area (Å²) in [5.41, 5.74) is 5.63. The van der Waals surface area contributed by atoms with Crippen LogP contribution in [0.2, 0.25) is 5.02 Å². The third-order valence-electron chi connectivity index (χ3n) is 6.13. The molecule has 33 heavy (non-hydrogen) atoms. The van der Waals surface area contributed by atoms with E-state index < -0.39 is 4.87 Å². The minimum absolute atomic E-state index is 0.0765. The average Bonchev–Trinajstić information content (AvgIpc) is 3.32. The van der Waals surface area contributed by atoms with Crippen molar-refractivity contribution < 1.29 is 9.59 Å². The van der Waals surface area contributed by atoms with Crippen LogP contribution in [0.15, 0.2) is 66.7 Å². The van der Waals surface area contributed by atoms with Crippen molar-refractivity contribution in [2.75, 3.05) is 22.5 Å². The topological polar surface area (TPSA) is 52.7 Å². The number of nitrogens with zero attached hydrogens (tertiary/aromatic N) is 2. The fourth-order valence-electron chi connectivity index (χ4n) is 4.52. The molecule has 168 valence electrons. The number of urea groups is 1. The number of aryl methyl sites for hydroxylation is 2. The first kappa shape index (κ1) is 21.9. The maximum absolute atomic E-state index is 14.1. The molecule has 0 aliphatic carbocycles. The Bertz CT molecular complexity index is 1250. The lowest BCUT2D eigenvalue weighted by atomic mass is 10.0. The van der Waals surface area contributed by atoms with Gasteiger partial charge in [-0.1, -0.05) is 65.2 Å². The molecular weight excluding hydrogens is 454 g/mol. The van der Waals surface area contributed by atoms with Crippen molar-refractivity contribution in [3.63, 3.8) is 0 Å². The molecule has 2 heterocycles. The Balaban J connectivity index is 1.53. The number of halogens is 1. The second-order valence-electron chi connectivity index (χ2n) is 8.48. The fraction of sp³-hybridized carbons (Fsp3) is 0.231. The lowest BCUT2D eigenvalue weighted by Crippen LogP contribution is -2.51. The first-order valence-electron chi connectivity index (χ1n) is 10.9. The van der Waals surface area contributed by atoms with Gasteiger partial charge in [0, 0.05) is 28.6 Å². The highest BCUT2D eigenvalue weighted by atomic mass is 35.5. The van der Waals surface area contributed by atoms with Crippen LogP contribution in [0.4, 0.5) is 16.2 Å². The summed E-state index contributed by atoms with van der Waals surface area (Å²) in [5.74, 6) is 0.605. The standard InChI is InChI=1S/C26H24ClN3O2S/c1-17-6-9-19(10-7-17)16-29-23-11-8-18(2)14-22(23)26(24(29)31)30(12-13-33-26)25(32)28-21-5-3-4-20(27)15-21/h3-11,14-15H,12-13,16H2,1-2H3,(H,28,32)/t26-/m0/s1. The number of hydrogen-bond acceptors (Lipinski definition) is 3. The summed E-state index contributed by atoms with van der Waals surface area (Å²) in [4.78, 5) is 29.9. The summed E-state index contributed by atoms with van der Waals surface area (Å²) in [5, 5.41) is 3.47. The minimum Gasteiger partial charge on any atom is -0.308 e. The van der Waals surface area contributed by atoms with Crippen molar-refractivity contribution in [1.82, 2.24) is 4.90 Å². The Morgan fingerprint density at radius 3 is 2.58 bits per heavy atom. The Morgan fingerprint density at radius 1 is 1.06 bits per heavy atom. The second kappa shape index (κ2) is 8.43. The van der Waals surface area contributed by atoms with Crippen LogP contribution in [0.3, 0.4) is 0 Å². The monoisotopic (exact) mass is 477 g/mol. The molecule has 0 radical (unpaired) electrons. The van der Waals surface area contributed by atoms with E-state index in [1.165, 1.54) is 17.3 Å². The largest absolute Gasteiger partial charge is 0.323 e. The van der Waals surface area contributed by atoms with Gasteiger partial charge in [-0.2, -0.15) is 0 Å². The molecule has 3 aromatic rings. The van der Waals surface area contributed by atoms with Crippen LogP contribution in [-0.4, -0.2) is 29.1 Å². The van der Waals surface area contributed by atoms with Crippen LogP contribution < -0.4 is 10.2 Å². The van der Waals surface area contributed by atoms with Crippen LogP contribution in [0.5, 0.6) is 0 Å². The summed E-state index contributed by atoms with van der Waals surface area (Å²) in [6, 6.07) is 21.0. The van der Waals surface area contributed by atoms with Gasteiger partial charge in [-0.25, -0.2) is 4.79 Å². The highest BCUT2D eigenvalue weighted by Crippen LogP contribution is 2.54. The Labute approximate surface area is 202 Å². The quantitative estimate of drug-likeness (QED) is 0.508. The highest BCUT2D eigenvalue weighted by molar-refractivity contribution is 8.01. The Hall–Kier alpha value is -2.96. The van der Waals surface area contributed by atoms with Crippen molar-refractivity contribution in [2.24, 2.45) is 0 Å². The highest BCUT2D eigenvalue weighted by Gasteiger charge is 2.59. The predicted octanol–water partition coefficient (Wildman–Crippen LogP) is 5.94. The summed E-state index contributed by atoms with van der Waals surface area (Å²) in [6.07, 6.45) is 0. The maximum Gasteiger partial charge on any atom is 0.323 e. The zero-order valence-electron chi connectivity index (χ0n) is 18.5. The average molecular weight is 478 g/mol. The molecule has 5 nitrogen and oxygen atoms in total. The van der Waals surface area contributed by atoms with Gasteiger partial charge >= 0.3 is 6.03 Å². The summed E-state index contributed by atoms with van der Waals surface area (Å²) in [6.45, 7) is 5.00. The van der Waals surface area contributed by atoms with E-state index in [1.807, 2.05) is 49.1 Å². The van der Waals surface area contributed by atoms with Gasteiger partial charge in [0.1, 0.15) is 0 Å². The zero-order chi connectivity index (χ0) is 23.2. The molecule has 2 aliphatic heterocycles. The molecule has 3 amide bonds. The van der Waals surface area contributed by atoms with E-state index in [9.17, 15) is 9.59 Å². The number of carbonyl (C=O) groups is 2. The van der Waals surface area contributed by atoms with E-state index in [1.54, 1.807) is 29.2 Å². The van der Waals surface area contributed by atoms with Gasteiger partial charge in [0.05, 0.1) is 12.2 Å². The van der Waals surface area contributed by atoms with Crippen molar-refractivity contribution in [1.29, 1.82) is 0 Å². The third-order valence-corrected chi connectivity index (χ3v) is 7.79. The molecule has 0 bridgehead atoms. The first-order chi connectivity index (χ1) is 15.9. The zero-order valence-corrected chi connectivity index (χ0v) is 20.0. The normalized spacial score (nSPS) is 19.3. The predicted molar refractivity (Wildman–Crippen MR) is 135 cm³/mol. The van der Waals surface area contributed by atoms with E-state index >= 15 is 0 Å². The van der Waals surface area contributed by atoms with Crippen molar-refractivity contribution in [2.45, 2.75) is 25.3 Å². The third kappa shape index (κ3) is 3.77. The summed E-state index contributed by atoms with van der Waals surface area (Å²) in [7, 11) is 0. The molecule has 1 N–H and O–H groups in total. The molecule has 1 fully saturated rings. The fourth-order valence-corrected chi connectivity index (χ4v) is 6.16. The van der Waals surface area contributed by atoms with Crippen LogP contribution in [0.1, 0.15) is 22.3 Å². The van der Waals surface area contributed by atoms with Crippen LogP contribution >= 0.6 is 23.4 Å². The maximum atomic E-state index is 14.1. The molecule has 1 spiro atoms. The van der Waals surface area contributed by atoms with Gasteiger partial charge in [-0.05, 0) is 43.7 Å². The van der Waals surface area contributed by atoms with Gasteiger partial charge in [0.2, 0.25) is 0 Å². The van der Waals surface area contributed by atoms with E-state index in [-0.39, 0.29) is 11.9 Å². The van der Waals surface area contributed by atoms with Crippen LogP contribution in [-0.2, 0) is 16.2 Å². The smallest absolute Gasteiger partial charge is 0.308 e. The minimum atomic E-state index is -1.07. The molecule has 5 rings (SSSR count). The number of fused-ring (bicyclic) bond motifs is 2. The molecule has 0 unspecified atom stereocenters. The number of hydrogen-bond donors (Lipinski definition) is 1. The molecule has 2 aliphatic rings. The van der Waals surface area contributed by atoms with Gasteiger partial charge in [0.25, 0.3) is 5.91 Å². The lowest BCUT2D eigenvalue weighted by molar-refractivity contribution is -0.123. The molecule has 3 aromatic carbocycles. The SMILES string of the molecule is Cc1ccc(CN2C(=O)[C@@]3(SCCN3C(=O)Nc3cccc(Cl)c3)c3cc(C)ccc32)cc1. The van der Waals surface area contributed by atoms with Crippen molar-refractivity contribution in [3.8, 4) is 0 Å². The van der Waals surface area contributed by atoms with Gasteiger partial charge in [-0.3, -0.25) is 9.69 Å². The molecular formula is C26H24ClN3O2S. The number of anilines is 2. The summed E-state index contributed by atoms with van der Waals surface area (Å²) >= 11 is 7.62. The summed E-state index contributed by atoms with van der Waals surface area (Å²) < 4.78 is 0. The molecule has 1 atom stereocenters. The molecule has 1 saturated heterocycles. The number of thioether (sulfide) groups is 1. The molecule has 0 saturated carbocycles. The molecule has 7 heteroatoms. The molecule has 0 aromatic heterocycles. The van der Waals surface area contributed by atoms with E-state index in [0.29, 0.717) is 29.6 Å². The number of nitrogens with one attached hydrogen (secondary N) is 1. The van der Waals surface area contributed by atoms with Gasteiger partial charge in [0.15, 0.2) is 4.87 Å². The number of amides is 3. The van der Waals surface area contributed by atoms with Crippen LogP contribution in [0.25, 0.3) is 0 Å². The Morgan fingerprint density at radius 2 is 1.82 bits per heavy atom. The van der Waals surface area contributed by atoms with Gasteiger partial charge < -0.3 is 10.2 Å². The second-order valence-corrected chi connectivity index (χ2v) is 10.2. The van der Waals surface area contributed by atoms with E-state index in [0.717, 1.165) is 22.4 Å². The first-order valence-corrected chi connectivity index (χ1v) is 12.2. The van der Waals surface area contributed by atoms with E-state index in [2.05, 4.69) is 17.4 Å².